The molecule has 1 heterocycles. The number of aromatic amines is 1. The molecule has 3 rings (SSSR count). The third-order valence-corrected chi connectivity index (χ3v) is 4.22. The molecule has 0 aliphatic rings. The fraction of sp³-hybridized carbons (Fsp3) is 0.238. The zero-order valence-electron chi connectivity index (χ0n) is 15.3. The molecule has 0 aliphatic carbocycles. The van der Waals surface area contributed by atoms with Crippen LogP contribution in [0.2, 0.25) is 0 Å². The van der Waals surface area contributed by atoms with E-state index >= 15 is 0 Å². The maximum absolute atomic E-state index is 13.1. The summed E-state index contributed by atoms with van der Waals surface area (Å²) >= 11 is 0. The molecule has 0 unspecified atom stereocenters. The number of rotatable bonds is 6. The Bertz CT molecular complexity index is 951. The fourth-order valence-electron chi connectivity index (χ4n) is 2.86. The Morgan fingerprint density at radius 2 is 1.81 bits per heavy atom. The van der Waals surface area contributed by atoms with Gasteiger partial charge in [0.05, 0.1) is 24.1 Å². The van der Waals surface area contributed by atoms with Gasteiger partial charge in [-0.2, -0.15) is 0 Å². The molecule has 26 heavy (non-hydrogen) atoms. The van der Waals surface area contributed by atoms with Crippen LogP contribution in [0.4, 0.5) is 0 Å². The van der Waals surface area contributed by atoms with Crippen molar-refractivity contribution >= 4 is 5.71 Å². The Balaban J connectivity index is 2.18. The van der Waals surface area contributed by atoms with Crippen LogP contribution < -0.4 is 10.3 Å². The maximum Gasteiger partial charge on any atom is 0.280 e. The summed E-state index contributed by atoms with van der Waals surface area (Å²) in [4.78, 5) is 17.7. The number of aromatic nitrogens is 2. The highest BCUT2D eigenvalue weighted by Crippen LogP contribution is 2.22. The lowest BCUT2D eigenvalue weighted by atomic mass is 10.1. The van der Waals surface area contributed by atoms with E-state index in [2.05, 4.69) is 17.0 Å². The van der Waals surface area contributed by atoms with E-state index in [0.29, 0.717) is 12.1 Å². The number of aliphatic imine (C=N–C) groups is 1. The van der Waals surface area contributed by atoms with Crippen LogP contribution in [0.5, 0.6) is 5.75 Å². The first kappa shape index (κ1) is 17.7. The zero-order chi connectivity index (χ0) is 18.5. The monoisotopic (exact) mass is 349 g/mol. The van der Waals surface area contributed by atoms with Crippen LogP contribution in [0.1, 0.15) is 25.8 Å². The lowest BCUT2D eigenvalue weighted by Crippen LogP contribution is -2.19. The molecule has 3 aromatic rings. The molecule has 0 bridgehead atoms. The van der Waals surface area contributed by atoms with Gasteiger partial charge in [0.15, 0.2) is 0 Å². The Morgan fingerprint density at radius 1 is 1.12 bits per heavy atom. The normalized spacial score (nSPS) is 11.6. The van der Waals surface area contributed by atoms with Gasteiger partial charge in [-0.3, -0.25) is 14.9 Å². The summed E-state index contributed by atoms with van der Waals surface area (Å²) < 4.78 is 6.76. The minimum atomic E-state index is -0.105. The number of H-pyrrole nitrogens is 1. The highest BCUT2D eigenvalue weighted by molar-refractivity contribution is 6.03. The van der Waals surface area contributed by atoms with E-state index in [0.717, 1.165) is 34.8 Å². The number of nitrogens with one attached hydrogen (secondary N) is 1. The first-order valence-corrected chi connectivity index (χ1v) is 8.72. The van der Waals surface area contributed by atoms with Crippen LogP contribution in [0, 0.1) is 0 Å². The van der Waals surface area contributed by atoms with Crippen LogP contribution >= 0.6 is 0 Å². The van der Waals surface area contributed by atoms with Gasteiger partial charge in [0.2, 0.25) is 0 Å². The molecular weight excluding hydrogens is 326 g/mol. The van der Waals surface area contributed by atoms with Crippen LogP contribution in [0.25, 0.3) is 16.9 Å². The first-order chi connectivity index (χ1) is 12.7. The molecule has 0 amide bonds. The van der Waals surface area contributed by atoms with Gasteiger partial charge in [-0.25, -0.2) is 4.68 Å². The second-order valence-electron chi connectivity index (χ2n) is 6.03. The number of hydrogen-bond acceptors (Lipinski definition) is 3. The number of hydrogen-bond donors (Lipinski definition) is 1. The van der Waals surface area contributed by atoms with Crippen molar-refractivity contribution < 1.29 is 4.74 Å². The standard InChI is InChI=1S/C21H23N3O2/c1-4-14-22-15(2)19-20(16-8-6-5-7-9-16)23-24(21(19)25)17-10-12-18(26-3)13-11-17/h5-13,23H,4,14H2,1-3H3. The molecule has 0 fully saturated rings. The predicted octanol–water partition coefficient (Wildman–Crippen LogP) is 4.06. The quantitative estimate of drug-likeness (QED) is 0.682. The average molecular weight is 349 g/mol. The Kier molecular flexibility index (Phi) is 5.37. The number of benzene rings is 2. The van der Waals surface area contributed by atoms with Crippen LogP contribution in [0.15, 0.2) is 64.4 Å². The molecular formula is C21H23N3O2. The second kappa shape index (κ2) is 7.87. The summed E-state index contributed by atoms with van der Waals surface area (Å²) in [6.07, 6.45) is 0.940. The van der Waals surface area contributed by atoms with Crippen molar-refractivity contribution in [2.45, 2.75) is 20.3 Å². The number of ether oxygens (including phenoxy) is 1. The van der Waals surface area contributed by atoms with E-state index in [-0.39, 0.29) is 5.56 Å². The number of nitrogens with zero attached hydrogens (tertiary/aromatic N) is 2. The van der Waals surface area contributed by atoms with Gasteiger partial charge in [0.1, 0.15) is 5.75 Å². The van der Waals surface area contributed by atoms with Gasteiger partial charge in [-0.1, -0.05) is 37.3 Å². The molecule has 0 atom stereocenters. The maximum atomic E-state index is 13.1. The first-order valence-electron chi connectivity index (χ1n) is 8.72. The largest absolute Gasteiger partial charge is 0.497 e. The third-order valence-electron chi connectivity index (χ3n) is 4.22. The van der Waals surface area contributed by atoms with Crippen molar-refractivity contribution in [3.05, 3.63) is 70.5 Å². The Morgan fingerprint density at radius 3 is 2.42 bits per heavy atom. The van der Waals surface area contributed by atoms with E-state index < -0.39 is 0 Å². The molecule has 0 spiro atoms. The van der Waals surface area contributed by atoms with E-state index in [1.54, 1.807) is 11.8 Å². The molecule has 2 aromatic carbocycles. The lowest BCUT2D eigenvalue weighted by molar-refractivity contribution is 0.414. The summed E-state index contributed by atoms with van der Waals surface area (Å²) in [5.41, 5.74) is 3.75. The van der Waals surface area contributed by atoms with Crippen molar-refractivity contribution in [2.24, 2.45) is 4.99 Å². The Hall–Kier alpha value is -3.08. The van der Waals surface area contributed by atoms with Gasteiger partial charge in [0.25, 0.3) is 5.56 Å². The highest BCUT2D eigenvalue weighted by Gasteiger charge is 2.19. The fourth-order valence-corrected chi connectivity index (χ4v) is 2.86. The minimum Gasteiger partial charge on any atom is -0.497 e. The van der Waals surface area contributed by atoms with Crippen molar-refractivity contribution in [2.75, 3.05) is 13.7 Å². The molecule has 1 N–H and O–H groups in total. The number of methoxy groups -OCH3 is 1. The van der Waals surface area contributed by atoms with Crippen LogP contribution in [-0.4, -0.2) is 29.1 Å². The van der Waals surface area contributed by atoms with Gasteiger partial charge >= 0.3 is 0 Å². The second-order valence-corrected chi connectivity index (χ2v) is 6.03. The topological polar surface area (TPSA) is 59.4 Å². The third kappa shape index (κ3) is 3.47. The molecule has 0 radical (unpaired) electrons. The average Bonchev–Trinajstić information content (AvgIpc) is 3.04. The molecule has 5 heteroatoms. The zero-order valence-corrected chi connectivity index (χ0v) is 15.3. The van der Waals surface area contributed by atoms with Crippen molar-refractivity contribution in [1.29, 1.82) is 0 Å². The SMILES string of the molecule is CCCN=C(C)c1c(-c2ccccc2)[nH]n(-c2ccc(OC)cc2)c1=O. The van der Waals surface area contributed by atoms with Crippen molar-refractivity contribution in [3.8, 4) is 22.7 Å². The Labute approximate surface area is 153 Å². The van der Waals surface area contributed by atoms with Gasteiger partial charge < -0.3 is 4.74 Å². The smallest absolute Gasteiger partial charge is 0.280 e. The molecule has 1 aromatic heterocycles. The van der Waals surface area contributed by atoms with Crippen LogP contribution in [-0.2, 0) is 0 Å². The summed E-state index contributed by atoms with van der Waals surface area (Å²) in [6.45, 7) is 4.67. The van der Waals surface area contributed by atoms with Gasteiger partial charge in [0, 0.05) is 17.8 Å². The summed E-state index contributed by atoms with van der Waals surface area (Å²) in [6, 6.07) is 17.2. The van der Waals surface area contributed by atoms with Crippen LogP contribution in [0.3, 0.4) is 0 Å². The summed E-state index contributed by atoms with van der Waals surface area (Å²) in [7, 11) is 1.62. The minimum absolute atomic E-state index is 0.105. The van der Waals surface area contributed by atoms with Gasteiger partial charge in [-0.05, 0) is 37.6 Å². The molecule has 5 nitrogen and oxygen atoms in total. The van der Waals surface area contributed by atoms with E-state index in [9.17, 15) is 4.79 Å². The lowest BCUT2D eigenvalue weighted by Gasteiger charge is -2.04. The summed E-state index contributed by atoms with van der Waals surface area (Å²) in [5, 5.41) is 3.26. The van der Waals surface area contributed by atoms with Gasteiger partial charge in [-0.15, -0.1) is 0 Å². The van der Waals surface area contributed by atoms with Crippen molar-refractivity contribution in [1.82, 2.24) is 9.78 Å². The molecule has 0 saturated carbocycles. The molecule has 0 aliphatic heterocycles. The highest BCUT2D eigenvalue weighted by atomic mass is 16.5. The van der Waals surface area contributed by atoms with E-state index in [1.165, 1.54) is 0 Å². The summed E-state index contributed by atoms with van der Waals surface area (Å²) in [5.74, 6) is 0.748. The van der Waals surface area contributed by atoms with E-state index in [4.69, 9.17) is 4.74 Å². The predicted molar refractivity (Wildman–Crippen MR) is 106 cm³/mol. The molecule has 0 saturated heterocycles. The molecule has 134 valence electrons. The van der Waals surface area contributed by atoms with Crippen molar-refractivity contribution in [3.63, 3.8) is 0 Å². The van der Waals surface area contributed by atoms with E-state index in [1.807, 2.05) is 61.5 Å².